The molecule has 5 rings (SSSR count). The van der Waals surface area contributed by atoms with Gasteiger partial charge in [0, 0.05) is 6.42 Å². The molecule has 2 N–H and O–H groups in total. The van der Waals surface area contributed by atoms with E-state index in [0.717, 1.165) is 31.1 Å². The number of hydrogen-bond acceptors (Lipinski definition) is 3. The SMILES string of the molecule is NC(=O)CC1Cc2ccccc2C1.c1cc(OCC2CC2)ccc1CCCN1CCCC1. The van der Waals surface area contributed by atoms with Crippen LogP contribution in [-0.4, -0.2) is 37.0 Å². The average Bonchev–Trinajstić information content (AvgIpc) is 3.30. The molecule has 172 valence electrons. The van der Waals surface area contributed by atoms with Crippen LogP contribution in [-0.2, 0) is 24.1 Å². The third-order valence-corrected chi connectivity index (χ3v) is 6.87. The molecule has 1 amide bonds. The van der Waals surface area contributed by atoms with Gasteiger partial charge in [-0.3, -0.25) is 4.79 Å². The lowest BCUT2D eigenvalue weighted by molar-refractivity contribution is -0.118. The Morgan fingerprint density at radius 3 is 2.19 bits per heavy atom. The number of rotatable bonds is 9. The first kappa shape index (κ1) is 22.8. The van der Waals surface area contributed by atoms with Gasteiger partial charge in [-0.2, -0.15) is 0 Å². The van der Waals surface area contributed by atoms with Crippen molar-refractivity contribution < 1.29 is 9.53 Å². The van der Waals surface area contributed by atoms with Gasteiger partial charge in [-0.1, -0.05) is 36.4 Å². The molecule has 1 aliphatic heterocycles. The molecule has 2 fully saturated rings. The maximum absolute atomic E-state index is 10.7. The Morgan fingerprint density at radius 2 is 1.59 bits per heavy atom. The minimum Gasteiger partial charge on any atom is -0.493 e. The smallest absolute Gasteiger partial charge is 0.217 e. The summed E-state index contributed by atoms with van der Waals surface area (Å²) < 4.78 is 5.76. The summed E-state index contributed by atoms with van der Waals surface area (Å²) in [5.41, 5.74) is 9.38. The molecular formula is C28H38N2O2. The topological polar surface area (TPSA) is 55.6 Å². The van der Waals surface area contributed by atoms with E-state index in [0.29, 0.717) is 12.3 Å². The van der Waals surface area contributed by atoms with Gasteiger partial charge in [-0.25, -0.2) is 0 Å². The van der Waals surface area contributed by atoms with Crippen LogP contribution in [0.15, 0.2) is 48.5 Å². The van der Waals surface area contributed by atoms with Crippen LogP contribution in [0.2, 0.25) is 0 Å². The summed E-state index contributed by atoms with van der Waals surface area (Å²) >= 11 is 0. The first-order valence-electron chi connectivity index (χ1n) is 12.4. The summed E-state index contributed by atoms with van der Waals surface area (Å²) in [4.78, 5) is 13.3. The molecule has 0 aromatic heterocycles. The second kappa shape index (κ2) is 11.5. The molecule has 4 heteroatoms. The number of fused-ring (bicyclic) bond motifs is 1. The molecule has 1 saturated carbocycles. The monoisotopic (exact) mass is 434 g/mol. The van der Waals surface area contributed by atoms with E-state index in [4.69, 9.17) is 10.5 Å². The zero-order valence-corrected chi connectivity index (χ0v) is 19.3. The highest BCUT2D eigenvalue weighted by Crippen LogP contribution is 2.30. The Morgan fingerprint density at radius 1 is 0.938 bits per heavy atom. The Balaban J connectivity index is 0.000000165. The van der Waals surface area contributed by atoms with Crippen molar-refractivity contribution in [3.63, 3.8) is 0 Å². The number of amides is 1. The highest BCUT2D eigenvalue weighted by Gasteiger charge is 2.22. The summed E-state index contributed by atoms with van der Waals surface area (Å²) in [6.45, 7) is 4.80. The lowest BCUT2D eigenvalue weighted by Gasteiger charge is -2.14. The van der Waals surface area contributed by atoms with Crippen molar-refractivity contribution >= 4 is 5.91 Å². The van der Waals surface area contributed by atoms with Crippen LogP contribution in [0.25, 0.3) is 0 Å². The van der Waals surface area contributed by atoms with Gasteiger partial charge in [-0.05, 0) is 112 Å². The molecule has 32 heavy (non-hydrogen) atoms. The molecule has 2 aromatic carbocycles. The van der Waals surface area contributed by atoms with Gasteiger partial charge in [0.25, 0.3) is 0 Å². The number of carbonyl (C=O) groups is 1. The summed E-state index contributed by atoms with van der Waals surface area (Å²) in [6.07, 6.45) is 10.5. The van der Waals surface area contributed by atoms with Crippen molar-refractivity contribution in [3.05, 3.63) is 65.2 Å². The standard InChI is InChI=1S/C17H25NO.C11H13NO/c1-2-12-18(11-1)13-3-4-15-7-9-17(10-8-15)19-14-16-5-6-16;12-11(13)7-8-5-9-3-1-2-4-10(9)6-8/h7-10,16H,1-6,11-14H2;1-4,8H,5-7H2,(H2,12,13). The molecule has 0 spiro atoms. The quantitative estimate of drug-likeness (QED) is 0.618. The molecule has 0 bridgehead atoms. The Kier molecular flexibility index (Phi) is 8.22. The number of nitrogens with zero attached hydrogens (tertiary/aromatic N) is 1. The van der Waals surface area contributed by atoms with Crippen LogP contribution < -0.4 is 10.5 Å². The molecule has 4 nitrogen and oxygen atoms in total. The fourth-order valence-electron chi connectivity index (χ4n) is 4.84. The van der Waals surface area contributed by atoms with Crippen LogP contribution >= 0.6 is 0 Å². The lowest BCUT2D eigenvalue weighted by atomic mass is 10.0. The van der Waals surface area contributed by atoms with E-state index < -0.39 is 0 Å². The first-order chi connectivity index (χ1) is 15.7. The van der Waals surface area contributed by atoms with E-state index in [2.05, 4.69) is 41.3 Å². The predicted octanol–water partition coefficient (Wildman–Crippen LogP) is 4.78. The Hall–Kier alpha value is -2.33. The van der Waals surface area contributed by atoms with E-state index in [1.165, 1.54) is 74.8 Å². The number of aryl methyl sites for hydroxylation is 1. The van der Waals surface area contributed by atoms with Crippen LogP contribution in [0.1, 0.15) is 55.2 Å². The fraction of sp³-hybridized carbons (Fsp3) is 0.536. The minimum atomic E-state index is -0.183. The van der Waals surface area contributed by atoms with Crippen LogP contribution in [0.4, 0.5) is 0 Å². The fourth-order valence-corrected chi connectivity index (χ4v) is 4.84. The van der Waals surface area contributed by atoms with Gasteiger partial charge >= 0.3 is 0 Å². The molecule has 2 aliphatic carbocycles. The second-order valence-electron chi connectivity index (χ2n) is 9.76. The second-order valence-corrected chi connectivity index (χ2v) is 9.76. The molecule has 3 aliphatic rings. The van der Waals surface area contributed by atoms with Gasteiger partial charge in [0.2, 0.25) is 5.91 Å². The summed E-state index contributed by atoms with van der Waals surface area (Å²) in [6, 6.07) is 17.1. The van der Waals surface area contributed by atoms with Crippen molar-refractivity contribution in [2.75, 3.05) is 26.2 Å². The zero-order valence-electron chi connectivity index (χ0n) is 19.3. The largest absolute Gasteiger partial charge is 0.493 e. The Bertz CT molecular complexity index is 829. The van der Waals surface area contributed by atoms with Gasteiger partial charge in [-0.15, -0.1) is 0 Å². The molecule has 0 atom stereocenters. The predicted molar refractivity (Wildman–Crippen MR) is 130 cm³/mol. The van der Waals surface area contributed by atoms with Crippen molar-refractivity contribution in [2.24, 2.45) is 17.6 Å². The summed E-state index contributed by atoms with van der Waals surface area (Å²) in [7, 11) is 0. The van der Waals surface area contributed by atoms with E-state index in [-0.39, 0.29) is 5.91 Å². The van der Waals surface area contributed by atoms with Crippen LogP contribution in [0.5, 0.6) is 5.75 Å². The highest BCUT2D eigenvalue weighted by molar-refractivity contribution is 5.74. The van der Waals surface area contributed by atoms with Crippen molar-refractivity contribution in [2.45, 2.75) is 57.8 Å². The maximum atomic E-state index is 10.7. The molecule has 2 aromatic rings. The molecule has 0 radical (unpaired) electrons. The number of ether oxygens (including phenoxy) is 1. The number of benzene rings is 2. The van der Waals surface area contributed by atoms with Gasteiger partial charge < -0.3 is 15.4 Å². The van der Waals surface area contributed by atoms with Crippen molar-refractivity contribution in [1.82, 2.24) is 4.90 Å². The molecule has 1 saturated heterocycles. The van der Waals surface area contributed by atoms with Gasteiger partial charge in [0.1, 0.15) is 5.75 Å². The normalized spacial score (nSPS) is 18.1. The van der Waals surface area contributed by atoms with Crippen LogP contribution in [0.3, 0.4) is 0 Å². The van der Waals surface area contributed by atoms with E-state index in [1.807, 2.05) is 12.1 Å². The minimum absolute atomic E-state index is 0.183. The van der Waals surface area contributed by atoms with Crippen LogP contribution in [0, 0.1) is 11.8 Å². The lowest BCUT2D eigenvalue weighted by Crippen LogP contribution is -2.20. The molecular weight excluding hydrogens is 396 g/mol. The summed E-state index contributed by atoms with van der Waals surface area (Å²) in [5, 5.41) is 0. The zero-order chi connectivity index (χ0) is 22.2. The molecule has 0 unspecified atom stereocenters. The van der Waals surface area contributed by atoms with Gasteiger partial charge in [0.15, 0.2) is 0 Å². The molecule has 1 heterocycles. The van der Waals surface area contributed by atoms with Crippen molar-refractivity contribution in [3.8, 4) is 5.75 Å². The maximum Gasteiger partial charge on any atom is 0.217 e. The number of hydrogen-bond donors (Lipinski definition) is 1. The van der Waals surface area contributed by atoms with E-state index in [9.17, 15) is 4.79 Å². The van der Waals surface area contributed by atoms with E-state index in [1.54, 1.807) is 0 Å². The number of likely N-dealkylation sites (tertiary alicyclic amines) is 1. The Labute approximate surface area is 193 Å². The number of nitrogens with two attached hydrogens (primary N) is 1. The average molecular weight is 435 g/mol. The van der Waals surface area contributed by atoms with E-state index >= 15 is 0 Å². The number of primary amides is 1. The van der Waals surface area contributed by atoms with Gasteiger partial charge in [0.05, 0.1) is 6.61 Å². The summed E-state index contributed by atoms with van der Waals surface area (Å²) in [5.74, 6) is 2.13. The van der Waals surface area contributed by atoms with Crippen molar-refractivity contribution in [1.29, 1.82) is 0 Å². The third-order valence-electron chi connectivity index (χ3n) is 6.87. The highest BCUT2D eigenvalue weighted by atomic mass is 16.5. The first-order valence-corrected chi connectivity index (χ1v) is 12.4. The number of carbonyl (C=O) groups excluding carboxylic acids is 1. The third kappa shape index (κ3) is 7.37.